The molecule has 0 radical (unpaired) electrons. The van der Waals surface area contributed by atoms with Crippen LogP contribution >= 0.6 is 0 Å². The summed E-state index contributed by atoms with van der Waals surface area (Å²) in [6.07, 6.45) is 0.460. The largest absolute Gasteiger partial charge is 0.416 e. The number of carbonyl (C=O) groups excluding carboxylic acids is 1. The molecule has 0 saturated carbocycles. The average molecular weight is 393 g/mol. The summed E-state index contributed by atoms with van der Waals surface area (Å²) >= 11 is 0. The molecule has 150 valence electrons. The molecule has 2 aromatic rings. The zero-order chi connectivity index (χ0) is 20.3. The molecule has 28 heavy (non-hydrogen) atoms. The summed E-state index contributed by atoms with van der Waals surface area (Å²) in [6.45, 7) is 1.92. The molecule has 8 heteroatoms. The van der Waals surface area contributed by atoms with Gasteiger partial charge in [-0.2, -0.15) is 18.3 Å². The van der Waals surface area contributed by atoms with Crippen molar-refractivity contribution in [2.24, 2.45) is 0 Å². The molecule has 1 amide bonds. The lowest BCUT2D eigenvalue weighted by Crippen LogP contribution is -2.39. The Morgan fingerprint density at radius 3 is 2.54 bits per heavy atom. The Balaban J connectivity index is 1.67. The Morgan fingerprint density at radius 1 is 1.18 bits per heavy atom. The second kappa shape index (κ2) is 8.16. The summed E-state index contributed by atoms with van der Waals surface area (Å²) in [5, 5.41) is 7.16. The van der Waals surface area contributed by atoms with Gasteiger partial charge in [-0.15, -0.1) is 0 Å². The number of amides is 1. The molecular weight excluding hydrogens is 371 g/mol. The number of hydrogen-bond donors (Lipinski definition) is 1. The van der Waals surface area contributed by atoms with Gasteiger partial charge in [0, 0.05) is 17.7 Å². The van der Waals surface area contributed by atoms with Gasteiger partial charge in [-0.05, 0) is 62.4 Å². The van der Waals surface area contributed by atoms with Crippen LogP contribution in [0.1, 0.15) is 53.4 Å². The van der Waals surface area contributed by atoms with Crippen LogP contribution in [0.2, 0.25) is 0 Å². The molecule has 1 atom stereocenters. The molecule has 0 aliphatic heterocycles. The van der Waals surface area contributed by atoms with E-state index < -0.39 is 23.7 Å². The van der Waals surface area contributed by atoms with Crippen LogP contribution in [0, 0.1) is 0 Å². The molecule has 1 aromatic heterocycles. The molecule has 3 rings (SSSR count). The zero-order valence-electron chi connectivity index (χ0n) is 15.6. The van der Waals surface area contributed by atoms with Crippen LogP contribution in [0.4, 0.5) is 13.2 Å². The zero-order valence-corrected chi connectivity index (χ0v) is 15.6. The Bertz CT molecular complexity index is 904. The second-order valence-electron chi connectivity index (χ2n) is 7.15. The van der Waals surface area contributed by atoms with E-state index in [0.717, 1.165) is 67.6 Å². The van der Waals surface area contributed by atoms with E-state index in [4.69, 9.17) is 0 Å². The standard InChI is InChI=1S/C20H22F3N3O2/c1-13(24-19(28)14-7-9-16(10-8-14)20(21,22)23)12-26-18(27)11-15-5-3-2-4-6-17(15)25-26/h7-11,13H,2-6,12H2,1H3,(H,24,28)/t13-/m1/s1. The quantitative estimate of drug-likeness (QED) is 0.811. The third-order valence-electron chi connectivity index (χ3n) is 4.82. The number of hydrogen-bond acceptors (Lipinski definition) is 3. The number of fused-ring (bicyclic) bond motifs is 1. The smallest absolute Gasteiger partial charge is 0.348 e. The fourth-order valence-corrected chi connectivity index (χ4v) is 3.33. The summed E-state index contributed by atoms with van der Waals surface area (Å²) in [5.74, 6) is -0.496. The van der Waals surface area contributed by atoms with Gasteiger partial charge in [0.15, 0.2) is 0 Å². The minimum Gasteiger partial charge on any atom is -0.348 e. The molecular formula is C20H22F3N3O2. The van der Waals surface area contributed by atoms with E-state index in [2.05, 4.69) is 10.4 Å². The van der Waals surface area contributed by atoms with E-state index in [1.807, 2.05) is 0 Å². The molecule has 0 saturated heterocycles. The second-order valence-corrected chi connectivity index (χ2v) is 7.15. The summed E-state index contributed by atoms with van der Waals surface area (Å²) in [4.78, 5) is 24.6. The van der Waals surface area contributed by atoms with Gasteiger partial charge in [-0.3, -0.25) is 9.59 Å². The minimum absolute atomic E-state index is 0.127. The number of aromatic nitrogens is 2. The minimum atomic E-state index is -4.44. The van der Waals surface area contributed by atoms with E-state index in [0.29, 0.717) is 0 Å². The molecule has 5 nitrogen and oxygen atoms in total. The van der Waals surface area contributed by atoms with Crippen molar-refractivity contribution < 1.29 is 18.0 Å². The van der Waals surface area contributed by atoms with Crippen molar-refractivity contribution in [3.8, 4) is 0 Å². The first-order valence-corrected chi connectivity index (χ1v) is 9.32. The lowest BCUT2D eigenvalue weighted by molar-refractivity contribution is -0.137. The van der Waals surface area contributed by atoms with Gasteiger partial charge >= 0.3 is 6.18 Å². The van der Waals surface area contributed by atoms with E-state index in [1.54, 1.807) is 13.0 Å². The van der Waals surface area contributed by atoms with Gasteiger partial charge in [0.1, 0.15) is 0 Å². The number of carbonyl (C=O) groups is 1. The van der Waals surface area contributed by atoms with Crippen LogP contribution in [0.3, 0.4) is 0 Å². The maximum atomic E-state index is 12.6. The topological polar surface area (TPSA) is 64.0 Å². The molecule has 1 aromatic carbocycles. The van der Waals surface area contributed by atoms with E-state index in [1.165, 1.54) is 4.68 Å². The van der Waals surface area contributed by atoms with Gasteiger partial charge in [0.05, 0.1) is 17.8 Å². The van der Waals surface area contributed by atoms with E-state index in [9.17, 15) is 22.8 Å². The van der Waals surface area contributed by atoms with E-state index >= 15 is 0 Å². The van der Waals surface area contributed by atoms with Crippen LogP contribution in [-0.4, -0.2) is 21.7 Å². The fraction of sp³-hybridized carbons (Fsp3) is 0.450. The lowest BCUT2D eigenvalue weighted by atomic mass is 10.1. The van der Waals surface area contributed by atoms with Crippen molar-refractivity contribution in [2.45, 2.75) is 57.8 Å². The van der Waals surface area contributed by atoms with Crippen LogP contribution < -0.4 is 10.9 Å². The summed E-state index contributed by atoms with van der Waals surface area (Å²) in [5.41, 5.74) is 1.04. The first-order valence-electron chi connectivity index (χ1n) is 9.32. The van der Waals surface area contributed by atoms with Gasteiger partial charge < -0.3 is 5.32 Å². The number of halogens is 3. The normalized spacial score (nSPS) is 15.4. The molecule has 0 bridgehead atoms. The van der Waals surface area contributed by atoms with Crippen LogP contribution in [0.5, 0.6) is 0 Å². The van der Waals surface area contributed by atoms with Crippen molar-refractivity contribution in [3.63, 3.8) is 0 Å². The summed E-state index contributed by atoms with van der Waals surface area (Å²) in [6, 6.07) is 5.23. The van der Waals surface area contributed by atoms with Crippen LogP contribution in [0.15, 0.2) is 35.1 Å². The van der Waals surface area contributed by atoms with Crippen LogP contribution in [0.25, 0.3) is 0 Å². The van der Waals surface area contributed by atoms with Crippen molar-refractivity contribution in [3.05, 3.63) is 63.1 Å². The number of aryl methyl sites for hydroxylation is 2. The number of benzene rings is 1. The van der Waals surface area contributed by atoms with Crippen molar-refractivity contribution >= 4 is 5.91 Å². The molecule has 0 spiro atoms. The predicted octanol–water partition coefficient (Wildman–Crippen LogP) is 3.35. The van der Waals surface area contributed by atoms with Gasteiger partial charge in [-0.25, -0.2) is 4.68 Å². The average Bonchev–Trinajstić information content (AvgIpc) is 2.86. The molecule has 1 aliphatic carbocycles. The predicted molar refractivity (Wildman–Crippen MR) is 98.1 cm³/mol. The van der Waals surface area contributed by atoms with Gasteiger partial charge in [0.2, 0.25) is 0 Å². The fourth-order valence-electron chi connectivity index (χ4n) is 3.33. The maximum Gasteiger partial charge on any atom is 0.416 e. The molecule has 1 aliphatic rings. The first-order chi connectivity index (χ1) is 13.2. The maximum absolute atomic E-state index is 12.6. The third kappa shape index (κ3) is 4.79. The Morgan fingerprint density at radius 2 is 1.86 bits per heavy atom. The third-order valence-corrected chi connectivity index (χ3v) is 4.82. The van der Waals surface area contributed by atoms with Gasteiger partial charge in [0.25, 0.3) is 11.5 Å². The molecule has 0 unspecified atom stereocenters. The Labute approximate surface area is 160 Å². The van der Waals surface area contributed by atoms with Crippen LogP contribution in [-0.2, 0) is 25.6 Å². The highest BCUT2D eigenvalue weighted by Crippen LogP contribution is 2.29. The molecule has 1 N–H and O–H groups in total. The number of nitrogens with one attached hydrogen (secondary N) is 1. The van der Waals surface area contributed by atoms with Crippen molar-refractivity contribution in [1.29, 1.82) is 0 Å². The SMILES string of the molecule is C[C@H](Cn1nc2c(cc1=O)CCCCC2)NC(=O)c1ccc(C(F)(F)F)cc1. The van der Waals surface area contributed by atoms with Crippen molar-refractivity contribution in [2.75, 3.05) is 0 Å². The summed E-state index contributed by atoms with van der Waals surface area (Å²) < 4.78 is 39.2. The summed E-state index contributed by atoms with van der Waals surface area (Å²) in [7, 11) is 0. The highest BCUT2D eigenvalue weighted by Gasteiger charge is 2.30. The number of nitrogens with zero attached hydrogens (tertiary/aromatic N) is 2. The van der Waals surface area contributed by atoms with Crippen molar-refractivity contribution in [1.82, 2.24) is 15.1 Å². The first kappa shape index (κ1) is 20.1. The highest BCUT2D eigenvalue weighted by molar-refractivity contribution is 5.94. The number of rotatable bonds is 4. The molecule has 1 heterocycles. The van der Waals surface area contributed by atoms with E-state index in [-0.39, 0.29) is 17.7 Å². The lowest BCUT2D eigenvalue weighted by Gasteiger charge is -2.16. The Hall–Kier alpha value is -2.64. The number of alkyl halides is 3. The highest BCUT2D eigenvalue weighted by atomic mass is 19.4. The Kier molecular flexibility index (Phi) is 5.86. The van der Waals surface area contributed by atoms with Gasteiger partial charge in [-0.1, -0.05) is 6.42 Å². The molecule has 0 fully saturated rings. The monoisotopic (exact) mass is 393 g/mol.